The molecule has 186 valence electrons. The van der Waals surface area contributed by atoms with Crippen molar-refractivity contribution >= 4 is 50.4 Å². The Hall–Kier alpha value is -3.75. The number of carbonyl (C=O) groups is 3. The molecule has 4 aromatic rings. The Labute approximate surface area is 214 Å². The molecule has 3 amide bonds. The number of benzene rings is 3. The Balaban J connectivity index is 1.55. The van der Waals surface area contributed by atoms with Gasteiger partial charge in [0.1, 0.15) is 12.2 Å². The fraction of sp³-hybridized carbons (Fsp3) is 0.250. The van der Waals surface area contributed by atoms with Crippen LogP contribution in [0.1, 0.15) is 25.0 Å². The van der Waals surface area contributed by atoms with Crippen LogP contribution in [0.4, 0.5) is 0 Å². The molecule has 1 aromatic heterocycles. The lowest BCUT2D eigenvalue weighted by molar-refractivity contribution is -0.131. The molecule has 3 aromatic carbocycles. The number of hydrogen-bond acceptors (Lipinski definition) is 5. The van der Waals surface area contributed by atoms with Gasteiger partial charge in [0.05, 0.1) is 5.54 Å². The average Bonchev–Trinajstić information content (AvgIpc) is 3.26. The van der Waals surface area contributed by atoms with E-state index in [4.69, 9.17) is 5.73 Å². The molecule has 0 saturated carbocycles. The minimum absolute atomic E-state index is 0.293. The Bertz CT molecular complexity index is 1390. The third-order valence-corrected chi connectivity index (χ3v) is 7.04. The van der Waals surface area contributed by atoms with E-state index in [0.717, 1.165) is 32.0 Å². The summed E-state index contributed by atoms with van der Waals surface area (Å²) in [5.41, 5.74) is 6.75. The summed E-state index contributed by atoms with van der Waals surface area (Å²) in [6, 6.07) is 21.1. The van der Waals surface area contributed by atoms with Crippen molar-refractivity contribution in [3.8, 4) is 0 Å². The van der Waals surface area contributed by atoms with Crippen molar-refractivity contribution in [3.63, 3.8) is 0 Å². The molecule has 1 heterocycles. The van der Waals surface area contributed by atoms with Gasteiger partial charge in [0.15, 0.2) is 0 Å². The molecule has 5 N–H and O–H groups in total. The Morgan fingerprint density at radius 2 is 1.69 bits per heavy atom. The molecule has 0 bridgehead atoms. The van der Waals surface area contributed by atoms with Gasteiger partial charge in [0.25, 0.3) is 0 Å². The Morgan fingerprint density at radius 1 is 0.972 bits per heavy atom. The molecule has 0 aliphatic carbocycles. The molecule has 0 saturated heterocycles. The molecular weight excluding hydrogens is 472 g/mol. The van der Waals surface area contributed by atoms with Crippen molar-refractivity contribution in [2.75, 3.05) is 0 Å². The lowest BCUT2D eigenvalue weighted by atomic mass is 10.0. The van der Waals surface area contributed by atoms with Crippen LogP contribution in [0.2, 0.25) is 0 Å². The monoisotopic (exact) mass is 502 g/mol. The summed E-state index contributed by atoms with van der Waals surface area (Å²) in [5.74, 6) is -0.834. The number of nitrogens with two attached hydrogens (primary N) is 1. The lowest BCUT2D eigenvalue weighted by Crippen LogP contribution is -2.59. The number of thiophene rings is 1. The number of hydrogen-bond donors (Lipinski definition) is 4. The van der Waals surface area contributed by atoms with E-state index in [1.54, 1.807) is 25.2 Å². The first-order valence-electron chi connectivity index (χ1n) is 11.8. The minimum atomic E-state index is -1.15. The van der Waals surface area contributed by atoms with Crippen LogP contribution in [0, 0.1) is 0 Å². The second-order valence-corrected chi connectivity index (χ2v) is 10.4. The molecular formula is C28H30N4O3S. The Morgan fingerprint density at radius 3 is 2.44 bits per heavy atom. The van der Waals surface area contributed by atoms with Crippen molar-refractivity contribution in [1.29, 1.82) is 0 Å². The molecule has 0 spiro atoms. The first-order chi connectivity index (χ1) is 17.2. The van der Waals surface area contributed by atoms with Gasteiger partial charge < -0.3 is 21.7 Å². The quantitative estimate of drug-likeness (QED) is 0.197. The van der Waals surface area contributed by atoms with E-state index in [2.05, 4.69) is 16.0 Å². The smallest absolute Gasteiger partial charge is 0.244 e. The zero-order valence-corrected chi connectivity index (χ0v) is 21.1. The van der Waals surface area contributed by atoms with Gasteiger partial charge in [-0.15, -0.1) is 11.3 Å². The van der Waals surface area contributed by atoms with E-state index >= 15 is 0 Å². The molecule has 8 heteroatoms. The van der Waals surface area contributed by atoms with Gasteiger partial charge in [-0.3, -0.25) is 14.4 Å². The zero-order valence-electron chi connectivity index (χ0n) is 20.3. The topological polar surface area (TPSA) is 113 Å². The third-order valence-electron chi connectivity index (χ3n) is 6.03. The summed E-state index contributed by atoms with van der Waals surface area (Å²) in [6.07, 6.45) is 0.594. The second kappa shape index (κ2) is 10.9. The van der Waals surface area contributed by atoms with Gasteiger partial charge in [-0.1, -0.05) is 60.7 Å². The highest BCUT2D eigenvalue weighted by Crippen LogP contribution is 2.26. The maximum absolute atomic E-state index is 13.4. The first-order valence-corrected chi connectivity index (χ1v) is 12.7. The van der Waals surface area contributed by atoms with Crippen LogP contribution in [0.25, 0.3) is 20.9 Å². The predicted octanol–water partition coefficient (Wildman–Crippen LogP) is 3.25. The number of carbonyl (C=O) groups excluding carboxylic acids is 3. The minimum Gasteiger partial charge on any atom is -0.342 e. The lowest BCUT2D eigenvalue weighted by Gasteiger charge is -2.26. The summed E-state index contributed by atoms with van der Waals surface area (Å²) in [5, 5.41) is 13.6. The predicted molar refractivity (Wildman–Crippen MR) is 145 cm³/mol. The summed E-state index contributed by atoms with van der Waals surface area (Å²) in [6.45, 7) is 3.18. The van der Waals surface area contributed by atoms with E-state index in [1.807, 2.05) is 72.1 Å². The summed E-state index contributed by atoms with van der Waals surface area (Å²) in [7, 11) is 0. The van der Waals surface area contributed by atoms with Crippen LogP contribution in [0.5, 0.6) is 0 Å². The van der Waals surface area contributed by atoms with Gasteiger partial charge in [-0.2, -0.15) is 0 Å². The highest BCUT2D eigenvalue weighted by Gasteiger charge is 2.30. The number of fused-ring (bicyclic) bond motifs is 2. The number of rotatable bonds is 10. The van der Waals surface area contributed by atoms with Crippen LogP contribution in [-0.4, -0.2) is 36.0 Å². The highest BCUT2D eigenvalue weighted by molar-refractivity contribution is 7.17. The van der Waals surface area contributed by atoms with Gasteiger partial charge in [-0.05, 0) is 52.6 Å². The van der Waals surface area contributed by atoms with Crippen LogP contribution >= 0.6 is 11.3 Å². The molecule has 2 atom stereocenters. The van der Waals surface area contributed by atoms with Crippen molar-refractivity contribution in [1.82, 2.24) is 16.0 Å². The maximum Gasteiger partial charge on any atom is 0.244 e. The molecule has 36 heavy (non-hydrogen) atoms. The molecule has 0 aliphatic rings. The van der Waals surface area contributed by atoms with E-state index in [-0.39, 0.29) is 0 Å². The molecule has 0 fully saturated rings. The standard InChI is InChI=1S/C28H30N4O3S/c1-28(2,29)27(35)31-23(15-21-16-36-24-10-6-5-9-22(21)24)26(34)32-25(30-17-33)14-18-11-12-19-7-3-4-8-20(19)13-18/h3-13,16-17,23,25H,14-15,29H2,1-2H3,(H,30,33)(H,31,35)(H,32,34). The fourth-order valence-corrected chi connectivity index (χ4v) is 5.05. The maximum atomic E-state index is 13.4. The van der Waals surface area contributed by atoms with E-state index in [1.165, 1.54) is 0 Å². The van der Waals surface area contributed by atoms with Crippen LogP contribution in [-0.2, 0) is 27.2 Å². The molecule has 2 unspecified atom stereocenters. The van der Waals surface area contributed by atoms with Gasteiger partial charge in [0, 0.05) is 17.5 Å². The van der Waals surface area contributed by atoms with E-state index < -0.39 is 29.6 Å². The molecule has 7 nitrogen and oxygen atoms in total. The Kier molecular flexibility index (Phi) is 7.67. The van der Waals surface area contributed by atoms with Gasteiger partial charge in [-0.25, -0.2) is 0 Å². The molecule has 0 radical (unpaired) electrons. The van der Waals surface area contributed by atoms with Crippen molar-refractivity contribution in [3.05, 3.63) is 83.2 Å². The fourth-order valence-electron chi connectivity index (χ4n) is 4.07. The van der Waals surface area contributed by atoms with E-state index in [0.29, 0.717) is 19.3 Å². The first kappa shape index (κ1) is 25.3. The second-order valence-electron chi connectivity index (χ2n) is 9.44. The SMILES string of the molecule is CC(C)(N)C(=O)NC(Cc1csc2ccccc12)C(=O)NC(Cc1ccc2ccccc2c1)NC=O. The number of nitrogens with one attached hydrogen (secondary N) is 3. The summed E-state index contributed by atoms with van der Waals surface area (Å²) < 4.78 is 1.11. The van der Waals surface area contributed by atoms with Crippen LogP contribution < -0.4 is 21.7 Å². The normalized spacial score (nSPS) is 13.2. The van der Waals surface area contributed by atoms with Gasteiger partial charge in [0.2, 0.25) is 18.2 Å². The number of amides is 3. The average molecular weight is 503 g/mol. The highest BCUT2D eigenvalue weighted by atomic mass is 32.1. The third kappa shape index (κ3) is 6.08. The summed E-state index contributed by atoms with van der Waals surface area (Å²) >= 11 is 1.59. The van der Waals surface area contributed by atoms with Gasteiger partial charge >= 0.3 is 0 Å². The summed E-state index contributed by atoms with van der Waals surface area (Å²) in [4.78, 5) is 37.5. The van der Waals surface area contributed by atoms with Crippen LogP contribution in [0.3, 0.4) is 0 Å². The van der Waals surface area contributed by atoms with Crippen molar-refractivity contribution in [2.45, 2.75) is 44.4 Å². The molecule has 0 aliphatic heterocycles. The van der Waals surface area contributed by atoms with Crippen molar-refractivity contribution in [2.24, 2.45) is 5.73 Å². The van der Waals surface area contributed by atoms with E-state index in [9.17, 15) is 14.4 Å². The largest absolute Gasteiger partial charge is 0.342 e. The zero-order chi connectivity index (χ0) is 25.7. The van der Waals surface area contributed by atoms with Crippen LogP contribution in [0.15, 0.2) is 72.1 Å². The molecule has 4 rings (SSSR count). The van der Waals surface area contributed by atoms with Crippen molar-refractivity contribution < 1.29 is 14.4 Å².